The van der Waals surface area contributed by atoms with Gasteiger partial charge in [0.25, 0.3) is 0 Å². The average molecular weight is 295 g/mol. The highest BCUT2D eigenvalue weighted by atomic mass is 79.9. The van der Waals surface area contributed by atoms with Crippen LogP contribution in [0, 0.1) is 16.7 Å². The first kappa shape index (κ1) is 12.4. The quantitative estimate of drug-likeness (QED) is 0.882. The molecule has 4 heteroatoms. The van der Waals surface area contributed by atoms with E-state index in [1.807, 2.05) is 26.0 Å². The molecule has 2 atom stereocenters. The van der Waals surface area contributed by atoms with Crippen LogP contribution in [0.5, 0.6) is 0 Å². The number of benzene rings is 1. The third-order valence-corrected chi connectivity index (χ3v) is 4.14. The van der Waals surface area contributed by atoms with Gasteiger partial charge in [0.1, 0.15) is 6.07 Å². The number of nitriles is 1. The van der Waals surface area contributed by atoms with Gasteiger partial charge in [-0.15, -0.1) is 0 Å². The first-order valence-corrected chi connectivity index (χ1v) is 6.38. The molecule has 2 N–H and O–H groups in total. The molecule has 0 amide bonds. The van der Waals surface area contributed by atoms with Crippen molar-refractivity contribution in [3.05, 3.63) is 28.2 Å². The number of halogens is 1. The van der Waals surface area contributed by atoms with Crippen LogP contribution in [0.15, 0.2) is 22.7 Å². The third kappa shape index (κ3) is 2.18. The second-order valence-corrected chi connectivity index (χ2v) is 5.99. The van der Waals surface area contributed by atoms with E-state index in [0.717, 1.165) is 16.6 Å². The van der Waals surface area contributed by atoms with E-state index in [9.17, 15) is 5.11 Å². The van der Waals surface area contributed by atoms with E-state index in [2.05, 4.69) is 27.3 Å². The monoisotopic (exact) mass is 294 g/mol. The van der Waals surface area contributed by atoms with Crippen LogP contribution in [0.1, 0.15) is 25.8 Å². The predicted molar refractivity (Wildman–Crippen MR) is 70.7 cm³/mol. The molecule has 90 valence electrons. The molecule has 0 aromatic heterocycles. The maximum absolute atomic E-state index is 9.68. The van der Waals surface area contributed by atoms with Crippen LogP contribution in [0.4, 0.5) is 5.69 Å². The summed E-state index contributed by atoms with van der Waals surface area (Å²) in [6, 6.07) is 7.98. The van der Waals surface area contributed by atoms with E-state index in [1.165, 1.54) is 0 Å². The zero-order valence-corrected chi connectivity index (χ0v) is 11.5. The maximum Gasteiger partial charge on any atom is 0.101 e. The van der Waals surface area contributed by atoms with Gasteiger partial charge in [-0.25, -0.2) is 0 Å². The first-order chi connectivity index (χ1) is 7.95. The molecule has 1 aromatic carbocycles. The molecule has 1 aromatic rings. The van der Waals surface area contributed by atoms with E-state index in [0.29, 0.717) is 5.56 Å². The largest absolute Gasteiger partial charge is 0.392 e. The molecule has 2 unspecified atom stereocenters. The molecule has 1 aliphatic rings. The minimum atomic E-state index is -0.263. The second-order valence-electron chi connectivity index (χ2n) is 5.07. The van der Waals surface area contributed by atoms with Crippen molar-refractivity contribution in [2.45, 2.75) is 32.4 Å². The van der Waals surface area contributed by atoms with E-state index in [1.54, 1.807) is 6.07 Å². The molecular formula is C13H15BrN2O. The highest BCUT2D eigenvalue weighted by molar-refractivity contribution is 9.10. The van der Waals surface area contributed by atoms with E-state index >= 15 is 0 Å². The van der Waals surface area contributed by atoms with Gasteiger partial charge < -0.3 is 10.4 Å². The molecule has 0 aliphatic heterocycles. The van der Waals surface area contributed by atoms with Crippen molar-refractivity contribution in [2.75, 3.05) is 5.32 Å². The fourth-order valence-electron chi connectivity index (χ4n) is 2.07. The molecule has 0 radical (unpaired) electrons. The number of hydrogen-bond acceptors (Lipinski definition) is 3. The van der Waals surface area contributed by atoms with Gasteiger partial charge in [0.05, 0.1) is 17.4 Å². The summed E-state index contributed by atoms with van der Waals surface area (Å²) in [4.78, 5) is 0. The Hall–Kier alpha value is -1.05. The lowest BCUT2D eigenvalue weighted by atomic mass is 9.64. The number of aliphatic hydroxyl groups excluding tert-OH is 1. The van der Waals surface area contributed by atoms with Gasteiger partial charge in [-0.1, -0.05) is 29.8 Å². The van der Waals surface area contributed by atoms with Crippen LogP contribution >= 0.6 is 15.9 Å². The standard InChI is InChI=1S/C13H15BrN2O/c1-13(2)11(6-12(13)17)16-10-4-3-9(14)5-8(10)7-15/h3-5,11-12,16-17H,6H2,1-2H3. The molecule has 0 bridgehead atoms. The molecule has 1 aliphatic carbocycles. The third-order valence-electron chi connectivity index (χ3n) is 3.65. The number of anilines is 1. The molecular weight excluding hydrogens is 280 g/mol. The Morgan fingerprint density at radius 1 is 1.53 bits per heavy atom. The average Bonchev–Trinajstić information content (AvgIpc) is 2.30. The highest BCUT2D eigenvalue weighted by Crippen LogP contribution is 2.42. The van der Waals surface area contributed by atoms with Gasteiger partial charge >= 0.3 is 0 Å². The topological polar surface area (TPSA) is 56.0 Å². The van der Waals surface area contributed by atoms with Crippen molar-refractivity contribution >= 4 is 21.6 Å². The van der Waals surface area contributed by atoms with Crippen LogP contribution in [0.25, 0.3) is 0 Å². The summed E-state index contributed by atoms with van der Waals surface area (Å²) in [5.74, 6) is 0. The number of nitrogens with one attached hydrogen (secondary N) is 1. The lowest BCUT2D eigenvalue weighted by molar-refractivity contribution is -0.0510. The summed E-state index contributed by atoms with van der Waals surface area (Å²) in [6.45, 7) is 4.06. The summed E-state index contributed by atoms with van der Waals surface area (Å²) in [5.41, 5.74) is 1.32. The van der Waals surface area contributed by atoms with Gasteiger partial charge in [-0.3, -0.25) is 0 Å². The van der Waals surface area contributed by atoms with Gasteiger partial charge in [0.2, 0.25) is 0 Å². The zero-order valence-electron chi connectivity index (χ0n) is 9.87. The molecule has 0 spiro atoms. The predicted octanol–water partition coefficient (Wildman–Crippen LogP) is 2.89. The van der Waals surface area contributed by atoms with Gasteiger partial charge in [-0.2, -0.15) is 5.26 Å². The van der Waals surface area contributed by atoms with Crippen LogP contribution in [0.3, 0.4) is 0 Å². The van der Waals surface area contributed by atoms with E-state index in [4.69, 9.17) is 5.26 Å². The molecule has 0 saturated heterocycles. The highest BCUT2D eigenvalue weighted by Gasteiger charge is 2.47. The lowest BCUT2D eigenvalue weighted by Gasteiger charge is -2.50. The summed E-state index contributed by atoms with van der Waals surface area (Å²) < 4.78 is 0.896. The van der Waals surface area contributed by atoms with Crippen molar-refractivity contribution < 1.29 is 5.11 Å². The fourth-order valence-corrected chi connectivity index (χ4v) is 2.43. The number of aliphatic hydroxyl groups is 1. The molecule has 1 fully saturated rings. The summed E-state index contributed by atoms with van der Waals surface area (Å²) in [7, 11) is 0. The van der Waals surface area contributed by atoms with Crippen LogP contribution in [-0.2, 0) is 0 Å². The van der Waals surface area contributed by atoms with Gasteiger partial charge in [0, 0.05) is 15.9 Å². The minimum absolute atomic E-state index is 0.139. The Morgan fingerprint density at radius 3 is 2.76 bits per heavy atom. The Bertz CT molecular complexity index is 479. The molecule has 17 heavy (non-hydrogen) atoms. The Balaban J connectivity index is 2.18. The van der Waals surface area contributed by atoms with Crippen molar-refractivity contribution in [3.63, 3.8) is 0 Å². The molecule has 0 heterocycles. The van der Waals surface area contributed by atoms with Crippen LogP contribution in [-0.4, -0.2) is 17.3 Å². The van der Waals surface area contributed by atoms with Crippen molar-refractivity contribution in [3.8, 4) is 6.07 Å². The SMILES string of the molecule is CC1(C)C(O)CC1Nc1ccc(Br)cc1C#N. The summed E-state index contributed by atoms with van der Waals surface area (Å²) in [6.07, 6.45) is 0.467. The van der Waals surface area contributed by atoms with E-state index in [-0.39, 0.29) is 17.6 Å². The second kappa shape index (κ2) is 4.32. The number of hydrogen-bond donors (Lipinski definition) is 2. The van der Waals surface area contributed by atoms with Gasteiger partial charge in [-0.05, 0) is 24.6 Å². The number of rotatable bonds is 2. The van der Waals surface area contributed by atoms with Crippen LogP contribution < -0.4 is 5.32 Å². The Morgan fingerprint density at radius 2 is 2.24 bits per heavy atom. The minimum Gasteiger partial charge on any atom is -0.392 e. The number of nitrogens with zero attached hydrogens (tertiary/aromatic N) is 1. The summed E-state index contributed by atoms with van der Waals surface area (Å²) >= 11 is 3.35. The lowest BCUT2D eigenvalue weighted by Crippen LogP contribution is -2.56. The molecule has 3 nitrogen and oxygen atoms in total. The normalized spacial score (nSPS) is 25.8. The summed E-state index contributed by atoms with van der Waals surface area (Å²) in [5, 5.41) is 22.1. The Labute approximate surface area is 110 Å². The zero-order chi connectivity index (χ0) is 12.6. The van der Waals surface area contributed by atoms with E-state index < -0.39 is 0 Å². The molecule has 2 rings (SSSR count). The van der Waals surface area contributed by atoms with Crippen LogP contribution in [0.2, 0.25) is 0 Å². The van der Waals surface area contributed by atoms with Gasteiger partial charge in [0.15, 0.2) is 0 Å². The van der Waals surface area contributed by atoms with Crippen molar-refractivity contribution in [2.24, 2.45) is 5.41 Å². The van der Waals surface area contributed by atoms with Crippen molar-refractivity contribution in [1.82, 2.24) is 0 Å². The smallest absolute Gasteiger partial charge is 0.101 e. The van der Waals surface area contributed by atoms with Crippen molar-refractivity contribution in [1.29, 1.82) is 5.26 Å². The maximum atomic E-state index is 9.68. The Kier molecular flexibility index (Phi) is 3.15. The fraction of sp³-hybridized carbons (Fsp3) is 0.462. The first-order valence-electron chi connectivity index (χ1n) is 5.59. The molecule has 1 saturated carbocycles.